The van der Waals surface area contributed by atoms with Gasteiger partial charge in [-0.2, -0.15) is 0 Å². The molecule has 1 saturated heterocycles. The SMILES string of the molecule is CN1CCN(c2nc(-c3ccccc3F)c(-c3ncncc3C3CCCCC3)s2)CC1. The Bertz CT molecular complexity index is 1040. The molecule has 2 fully saturated rings. The third-order valence-electron chi connectivity index (χ3n) is 6.52. The van der Waals surface area contributed by atoms with E-state index >= 15 is 0 Å². The van der Waals surface area contributed by atoms with Crippen molar-refractivity contribution in [3.05, 3.63) is 48.2 Å². The molecule has 31 heavy (non-hydrogen) atoms. The first-order valence-corrected chi connectivity index (χ1v) is 12.0. The minimum absolute atomic E-state index is 0.243. The number of hydrogen-bond acceptors (Lipinski definition) is 6. The minimum atomic E-state index is -0.243. The van der Waals surface area contributed by atoms with Gasteiger partial charge in [-0.25, -0.2) is 19.3 Å². The molecule has 2 aromatic heterocycles. The van der Waals surface area contributed by atoms with Crippen LogP contribution in [0.3, 0.4) is 0 Å². The molecule has 0 unspecified atom stereocenters. The van der Waals surface area contributed by atoms with E-state index in [0.717, 1.165) is 41.9 Å². The van der Waals surface area contributed by atoms with Crippen LogP contribution < -0.4 is 4.90 Å². The summed E-state index contributed by atoms with van der Waals surface area (Å²) in [5, 5.41) is 0.953. The maximum atomic E-state index is 14.8. The third-order valence-corrected chi connectivity index (χ3v) is 7.64. The summed E-state index contributed by atoms with van der Waals surface area (Å²) in [5.41, 5.74) is 3.36. The van der Waals surface area contributed by atoms with Gasteiger partial charge in [0, 0.05) is 43.5 Å². The molecule has 5 rings (SSSR count). The summed E-state index contributed by atoms with van der Waals surface area (Å²) in [6, 6.07) is 6.93. The van der Waals surface area contributed by atoms with E-state index in [2.05, 4.69) is 21.8 Å². The monoisotopic (exact) mass is 437 g/mol. The van der Waals surface area contributed by atoms with E-state index in [0.29, 0.717) is 17.2 Å². The van der Waals surface area contributed by atoms with Crippen LogP contribution in [-0.2, 0) is 0 Å². The van der Waals surface area contributed by atoms with Gasteiger partial charge in [-0.3, -0.25) is 0 Å². The van der Waals surface area contributed by atoms with Gasteiger partial charge < -0.3 is 9.80 Å². The summed E-state index contributed by atoms with van der Waals surface area (Å²) >= 11 is 1.64. The molecule has 162 valence electrons. The first-order valence-electron chi connectivity index (χ1n) is 11.2. The van der Waals surface area contributed by atoms with Crippen molar-refractivity contribution in [3.8, 4) is 21.8 Å². The Hall–Kier alpha value is -2.38. The van der Waals surface area contributed by atoms with E-state index in [9.17, 15) is 4.39 Å². The van der Waals surface area contributed by atoms with Gasteiger partial charge in [0.2, 0.25) is 0 Å². The van der Waals surface area contributed by atoms with Crippen molar-refractivity contribution in [2.24, 2.45) is 0 Å². The fourth-order valence-corrected chi connectivity index (χ4v) is 5.83. The van der Waals surface area contributed by atoms with E-state index in [4.69, 9.17) is 9.97 Å². The lowest BCUT2D eigenvalue weighted by Gasteiger charge is -2.32. The smallest absolute Gasteiger partial charge is 0.186 e. The zero-order chi connectivity index (χ0) is 21.2. The van der Waals surface area contributed by atoms with E-state index in [1.165, 1.54) is 43.7 Å². The number of piperazine rings is 1. The normalized spacial score (nSPS) is 18.5. The lowest BCUT2D eigenvalue weighted by atomic mass is 9.83. The molecule has 0 bridgehead atoms. The van der Waals surface area contributed by atoms with Crippen molar-refractivity contribution < 1.29 is 4.39 Å². The quantitative estimate of drug-likeness (QED) is 0.561. The summed E-state index contributed by atoms with van der Waals surface area (Å²) in [7, 11) is 2.15. The van der Waals surface area contributed by atoms with Crippen molar-refractivity contribution >= 4 is 16.5 Å². The highest BCUT2D eigenvalue weighted by Crippen LogP contribution is 2.44. The summed E-state index contributed by atoms with van der Waals surface area (Å²) < 4.78 is 14.8. The minimum Gasteiger partial charge on any atom is -0.345 e. The van der Waals surface area contributed by atoms with Crippen LogP contribution in [0.25, 0.3) is 21.8 Å². The highest BCUT2D eigenvalue weighted by atomic mass is 32.1. The summed E-state index contributed by atoms with van der Waals surface area (Å²) in [6.07, 6.45) is 9.71. The van der Waals surface area contributed by atoms with Crippen molar-refractivity contribution in [3.63, 3.8) is 0 Å². The number of rotatable bonds is 4. The fourth-order valence-electron chi connectivity index (χ4n) is 4.68. The summed E-state index contributed by atoms with van der Waals surface area (Å²) in [4.78, 5) is 19.7. The number of nitrogens with zero attached hydrogens (tertiary/aromatic N) is 5. The van der Waals surface area contributed by atoms with Gasteiger partial charge in [0.1, 0.15) is 12.1 Å². The van der Waals surface area contributed by atoms with E-state index in [-0.39, 0.29) is 5.82 Å². The lowest BCUT2D eigenvalue weighted by molar-refractivity contribution is 0.313. The second-order valence-corrected chi connectivity index (χ2v) is 9.58. The Morgan fingerprint density at radius 1 is 1.00 bits per heavy atom. The largest absolute Gasteiger partial charge is 0.345 e. The Morgan fingerprint density at radius 2 is 1.77 bits per heavy atom. The van der Waals surface area contributed by atoms with E-state index in [1.54, 1.807) is 23.7 Å². The predicted molar refractivity (Wildman–Crippen MR) is 124 cm³/mol. The molecule has 1 aromatic carbocycles. The van der Waals surface area contributed by atoms with Crippen LogP contribution in [0.2, 0.25) is 0 Å². The van der Waals surface area contributed by atoms with Crippen LogP contribution in [0.4, 0.5) is 9.52 Å². The van der Waals surface area contributed by atoms with Gasteiger partial charge in [-0.05, 0) is 37.9 Å². The molecule has 0 N–H and O–H groups in total. The van der Waals surface area contributed by atoms with E-state index < -0.39 is 0 Å². The van der Waals surface area contributed by atoms with Crippen LogP contribution >= 0.6 is 11.3 Å². The number of aromatic nitrogens is 3. The lowest BCUT2D eigenvalue weighted by Crippen LogP contribution is -2.44. The second-order valence-electron chi connectivity index (χ2n) is 8.61. The second kappa shape index (κ2) is 9.01. The van der Waals surface area contributed by atoms with Crippen LogP contribution in [0.15, 0.2) is 36.8 Å². The first kappa shape index (κ1) is 20.5. The van der Waals surface area contributed by atoms with Crippen molar-refractivity contribution in [2.45, 2.75) is 38.0 Å². The molecule has 1 saturated carbocycles. The van der Waals surface area contributed by atoms with Crippen LogP contribution in [0.1, 0.15) is 43.6 Å². The predicted octanol–water partition coefficient (Wildman–Crippen LogP) is 5.21. The van der Waals surface area contributed by atoms with Crippen molar-refractivity contribution in [1.29, 1.82) is 0 Å². The number of anilines is 1. The molecule has 0 atom stereocenters. The van der Waals surface area contributed by atoms with Crippen LogP contribution in [0.5, 0.6) is 0 Å². The molecule has 1 aliphatic heterocycles. The summed E-state index contributed by atoms with van der Waals surface area (Å²) in [5.74, 6) is 0.222. The first-order chi connectivity index (χ1) is 15.2. The molecule has 3 aromatic rings. The maximum absolute atomic E-state index is 14.8. The zero-order valence-corrected chi connectivity index (χ0v) is 18.7. The van der Waals surface area contributed by atoms with Gasteiger partial charge in [0.15, 0.2) is 5.13 Å². The molecule has 7 heteroatoms. The fraction of sp³-hybridized carbons (Fsp3) is 0.458. The molecule has 2 aliphatic rings. The van der Waals surface area contributed by atoms with Gasteiger partial charge >= 0.3 is 0 Å². The molecule has 3 heterocycles. The van der Waals surface area contributed by atoms with Crippen molar-refractivity contribution in [2.75, 3.05) is 38.1 Å². The number of hydrogen-bond donors (Lipinski definition) is 0. The number of benzene rings is 1. The topological polar surface area (TPSA) is 45.2 Å². The third kappa shape index (κ3) is 4.21. The highest BCUT2D eigenvalue weighted by molar-refractivity contribution is 7.19. The zero-order valence-electron chi connectivity index (χ0n) is 17.9. The molecule has 0 amide bonds. The molecule has 0 radical (unpaired) electrons. The average Bonchev–Trinajstić information content (AvgIpc) is 3.25. The Balaban J connectivity index is 1.62. The van der Waals surface area contributed by atoms with Gasteiger partial charge in [0.05, 0.1) is 16.3 Å². The maximum Gasteiger partial charge on any atom is 0.186 e. The number of halogens is 1. The molecule has 0 spiro atoms. The van der Waals surface area contributed by atoms with E-state index in [1.807, 2.05) is 18.3 Å². The Morgan fingerprint density at radius 3 is 2.55 bits per heavy atom. The standard InChI is InChI=1S/C24H28FN5S/c1-29-11-13-30(14-12-29)24-28-22(18-9-5-6-10-20(18)25)23(31-24)21-19(15-26-16-27-21)17-7-3-2-4-8-17/h5-6,9-10,15-17H,2-4,7-8,11-14H2,1H3. The summed E-state index contributed by atoms with van der Waals surface area (Å²) in [6.45, 7) is 3.87. The van der Waals surface area contributed by atoms with Crippen molar-refractivity contribution in [1.82, 2.24) is 19.9 Å². The Labute approximate surface area is 187 Å². The van der Waals surface area contributed by atoms with Crippen LogP contribution in [0, 0.1) is 5.82 Å². The van der Waals surface area contributed by atoms with Gasteiger partial charge in [-0.15, -0.1) is 0 Å². The number of likely N-dealkylation sites (N-methyl/N-ethyl adjacent to an activating group) is 1. The van der Waals surface area contributed by atoms with Crippen LogP contribution in [-0.4, -0.2) is 53.1 Å². The highest BCUT2D eigenvalue weighted by Gasteiger charge is 2.27. The van der Waals surface area contributed by atoms with Gasteiger partial charge in [-0.1, -0.05) is 42.7 Å². The molecular formula is C24H28FN5S. The number of thiazole rings is 1. The molecule has 1 aliphatic carbocycles. The molecular weight excluding hydrogens is 409 g/mol. The molecule has 5 nitrogen and oxygen atoms in total. The Kier molecular flexibility index (Phi) is 5.96. The van der Waals surface area contributed by atoms with Gasteiger partial charge in [0.25, 0.3) is 0 Å². The average molecular weight is 438 g/mol.